The van der Waals surface area contributed by atoms with E-state index in [-0.39, 0.29) is 41.3 Å². The van der Waals surface area contributed by atoms with Crippen LogP contribution in [0.25, 0.3) is 0 Å². The summed E-state index contributed by atoms with van der Waals surface area (Å²) in [6.07, 6.45) is 3.88. The summed E-state index contributed by atoms with van der Waals surface area (Å²) in [6.45, 7) is 6.49. The number of amides is 2. The Balaban J connectivity index is 1.78. The summed E-state index contributed by atoms with van der Waals surface area (Å²) < 4.78 is 16.4. The van der Waals surface area contributed by atoms with Crippen molar-refractivity contribution in [2.45, 2.75) is 52.0 Å². The largest absolute Gasteiger partial charge is 0.488 e. The van der Waals surface area contributed by atoms with E-state index in [1.54, 1.807) is 6.20 Å². The summed E-state index contributed by atoms with van der Waals surface area (Å²) in [5.74, 6) is -0.948. The molecule has 0 aliphatic rings. The Hall–Kier alpha value is -3.12. The van der Waals surface area contributed by atoms with Crippen molar-refractivity contribution in [3.05, 3.63) is 51.6 Å². The van der Waals surface area contributed by atoms with Gasteiger partial charge < -0.3 is 35.3 Å². The number of carbonyl (C=O) groups excluding carboxylic acids is 2. The van der Waals surface area contributed by atoms with Gasteiger partial charge in [0.15, 0.2) is 5.75 Å². The molecular weight excluding hydrogens is 587 g/mol. The third kappa shape index (κ3) is 14.2. The maximum atomic E-state index is 12.5. The van der Waals surface area contributed by atoms with E-state index in [1.165, 1.54) is 12.1 Å². The van der Waals surface area contributed by atoms with Gasteiger partial charge in [0.1, 0.15) is 12.4 Å². The number of halogens is 2. The quantitative estimate of drug-likeness (QED) is 0.146. The van der Waals surface area contributed by atoms with Crippen molar-refractivity contribution in [2.24, 2.45) is 0 Å². The van der Waals surface area contributed by atoms with Gasteiger partial charge in [-0.2, -0.15) is 0 Å². The highest BCUT2D eigenvalue weighted by Gasteiger charge is 2.21. The van der Waals surface area contributed by atoms with Gasteiger partial charge in [-0.05, 0) is 61.6 Å². The molecule has 13 heteroatoms. The van der Waals surface area contributed by atoms with Crippen molar-refractivity contribution < 1.29 is 33.7 Å². The van der Waals surface area contributed by atoms with Gasteiger partial charge in [-0.15, -0.1) is 0 Å². The fourth-order valence-corrected chi connectivity index (χ4v) is 4.40. The van der Waals surface area contributed by atoms with Crippen LogP contribution in [0.4, 0.5) is 5.82 Å². The van der Waals surface area contributed by atoms with Crippen LogP contribution in [-0.4, -0.2) is 74.0 Å². The first-order chi connectivity index (χ1) is 20.2. The van der Waals surface area contributed by atoms with E-state index in [0.29, 0.717) is 45.0 Å². The van der Waals surface area contributed by atoms with Gasteiger partial charge in [-0.25, -0.2) is 4.98 Å². The molecule has 0 saturated carbocycles. The third-order valence-electron chi connectivity index (χ3n) is 5.83. The summed E-state index contributed by atoms with van der Waals surface area (Å²) in [5, 5.41) is 18.1. The van der Waals surface area contributed by atoms with Crippen LogP contribution < -0.4 is 20.7 Å². The van der Waals surface area contributed by atoms with E-state index in [4.69, 9.17) is 37.4 Å². The molecule has 1 heterocycles. The number of aryl methyl sites for hydroxylation is 1. The minimum Gasteiger partial charge on any atom is -0.488 e. The van der Waals surface area contributed by atoms with E-state index in [1.807, 2.05) is 26.0 Å². The van der Waals surface area contributed by atoms with Gasteiger partial charge in [-0.1, -0.05) is 30.1 Å². The molecule has 2 aromatic rings. The molecule has 4 N–H and O–H groups in total. The number of nitrogens with one attached hydrogen (secondary N) is 3. The maximum absolute atomic E-state index is 12.5. The number of carbonyl (C=O) groups is 3. The van der Waals surface area contributed by atoms with Crippen LogP contribution in [0, 0.1) is 6.92 Å². The number of rotatable bonds is 21. The molecule has 2 amide bonds. The monoisotopic (exact) mass is 626 g/mol. The number of benzene rings is 1. The van der Waals surface area contributed by atoms with Crippen molar-refractivity contribution in [3.8, 4) is 5.75 Å². The van der Waals surface area contributed by atoms with Gasteiger partial charge in [0.2, 0.25) is 11.8 Å². The molecule has 0 fully saturated rings. The highest BCUT2D eigenvalue weighted by Crippen LogP contribution is 2.36. The average molecular weight is 628 g/mol. The molecule has 0 bridgehead atoms. The number of aliphatic carboxylic acids is 1. The summed E-state index contributed by atoms with van der Waals surface area (Å²) >= 11 is 12.7. The number of anilines is 1. The highest BCUT2D eigenvalue weighted by atomic mass is 35.5. The number of unbranched alkanes of at least 4 members (excludes halogenated alkanes) is 1. The zero-order valence-electron chi connectivity index (χ0n) is 24.0. The Bertz CT molecular complexity index is 1130. The zero-order chi connectivity index (χ0) is 30.7. The second-order valence-corrected chi connectivity index (χ2v) is 10.3. The molecular formula is C29H40Cl2N4O7. The first-order valence-electron chi connectivity index (χ1n) is 13.9. The molecule has 0 aliphatic carbocycles. The number of carboxylic acid groups (broad SMARTS) is 1. The first kappa shape index (κ1) is 35.1. The van der Waals surface area contributed by atoms with Crippen LogP contribution >= 0.6 is 23.2 Å². The number of hydrogen-bond acceptors (Lipinski definition) is 8. The van der Waals surface area contributed by atoms with Gasteiger partial charge in [0.25, 0.3) is 0 Å². The second-order valence-electron chi connectivity index (χ2n) is 9.48. The van der Waals surface area contributed by atoms with Crippen LogP contribution in [0.2, 0.25) is 10.0 Å². The lowest BCUT2D eigenvalue weighted by Crippen LogP contribution is -2.39. The highest BCUT2D eigenvalue weighted by molar-refractivity contribution is 6.37. The zero-order valence-corrected chi connectivity index (χ0v) is 25.6. The van der Waals surface area contributed by atoms with Gasteiger partial charge in [0, 0.05) is 25.8 Å². The molecule has 2 rings (SSSR count). The molecule has 1 unspecified atom stereocenters. The first-order valence-corrected chi connectivity index (χ1v) is 14.7. The Kier molecular flexibility index (Phi) is 16.6. The maximum Gasteiger partial charge on any atom is 0.305 e. The molecule has 232 valence electrons. The van der Waals surface area contributed by atoms with Crippen LogP contribution in [0.5, 0.6) is 5.75 Å². The normalized spacial score (nSPS) is 11.5. The smallest absolute Gasteiger partial charge is 0.305 e. The minimum absolute atomic E-state index is 0.161. The molecule has 1 aromatic carbocycles. The number of pyridine rings is 1. The molecule has 0 saturated heterocycles. The van der Waals surface area contributed by atoms with Crippen LogP contribution in [0.1, 0.15) is 56.2 Å². The molecule has 1 aromatic heterocycles. The summed E-state index contributed by atoms with van der Waals surface area (Å²) in [6, 6.07) is 5.92. The predicted molar refractivity (Wildman–Crippen MR) is 161 cm³/mol. The summed E-state index contributed by atoms with van der Waals surface area (Å²) in [7, 11) is 0. The number of nitrogens with zero attached hydrogens (tertiary/aromatic N) is 1. The SMILES string of the molecule is CCCOCCOCCOc1c(Cl)cc(C(CC(=O)O)NC(=O)CNC(=O)CCCCNc2cc(C)ccn2)cc1Cl. The van der Waals surface area contributed by atoms with E-state index in [0.717, 1.165) is 24.2 Å². The molecule has 11 nitrogen and oxygen atoms in total. The number of carboxylic acids is 1. The lowest BCUT2D eigenvalue weighted by molar-refractivity contribution is -0.138. The molecule has 0 aliphatic heterocycles. The van der Waals surface area contributed by atoms with E-state index in [2.05, 4.69) is 20.9 Å². The standard InChI is InChI=1S/C29H40Cl2N4O7/c1-3-10-40-11-12-41-13-14-42-29-22(30)16-21(17-23(29)31)24(18-28(38)39)35-27(37)19-34-26(36)6-4-5-8-32-25-15-20(2)7-9-33-25/h7,9,15-17,24H,3-6,8,10-14,18-19H2,1-2H3,(H,32,33)(H,34,36)(H,35,37)(H,38,39). The van der Waals surface area contributed by atoms with Crippen molar-refractivity contribution in [2.75, 3.05) is 51.4 Å². The van der Waals surface area contributed by atoms with E-state index >= 15 is 0 Å². The third-order valence-corrected chi connectivity index (χ3v) is 6.39. The molecule has 0 spiro atoms. The number of aromatic nitrogens is 1. The van der Waals surface area contributed by atoms with Gasteiger partial charge >= 0.3 is 5.97 Å². The van der Waals surface area contributed by atoms with Crippen LogP contribution in [0.3, 0.4) is 0 Å². The van der Waals surface area contributed by atoms with E-state index in [9.17, 15) is 19.5 Å². The predicted octanol–water partition coefficient (Wildman–Crippen LogP) is 4.55. The van der Waals surface area contributed by atoms with Crippen molar-refractivity contribution in [1.29, 1.82) is 0 Å². The lowest BCUT2D eigenvalue weighted by atomic mass is 10.0. The molecule has 42 heavy (non-hydrogen) atoms. The Morgan fingerprint density at radius 1 is 0.976 bits per heavy atom. The van der Waals surface area contributed by atoms with Crippen molar-refractivity contribution >= 4 is 46.8 Å². The Morgan fingerprint density at radius 3 is 2.33 bits per heavy atom. The number of hydrogen-bond donors (Lipinski definition) is 4. The van der Waals surface area contributed by atoms with Crippen LogP contribution in [0.15, 0.2) is 30.5 Å². The lowest BCUT2D eigenvalue weighted by Gasteiger charge is -2.20. The second kappa shape index (κ2) is 19.9. The minimum atomic E-state index is -1.13. The topological polar surface area (TPSA) is 148 Å². The Morgan fingerprint density at radius 2 is 1.67 bits per heavy atom. The summed E-state index contributed by atoms with van der Waals surface area (Å²) in [4.78, 5) is 40.5. The van der Waals surface area contributed by atoms with Gasteiger partial charge in [0.05, 0.1) is 48.9 Å². The van der Waals surface area contributed by atoms with Gasteiger partial charge in [-0.3, -0.25) is 14.4 Å². The number of ether oxygens (including phenoxy) is 3. The van der Waals surface area contributed by atoms with Crippen LogP contribution in [-0.2, 0) is 23.9 Å². The van der Waals surface area contributed by atoms with Crippen molar-refractivity contribution in [3.63, 3.8) is 0 Å². The molecule has 0 radical (unpaired) electrons. The fraction of sp³-hybridized carbons (Fsp3) is 0.517. The Labute approximate surface area is 256 Å². The molecule has 1 atom stereocenters. The van der Waals surface area contributed by atoms with Crippen molar-refractivity contribution in [1.82, 2.24) is 15.6 Å². The summed E-state index contributed by atoms with van der Waals surface area (Å²) in [5.41, 5.74) is 1.49. The average Bonchev–Trinajstić information content (AvgIpc) is 2.93. The fourth-order valence-electron chi connectivity index (χ4n) is 3.79. The van der Waals surface area contributed by atoms with E-state index < -0.39 is 24.3 Å².